The minimum absolute atomic E-state index is 0.0370. The van der Waals surface area contributed by atoms with Gasteiger partial charge in [0.15, 0.2) is 0 Å². The number of hydrogen-bond acceptors (Lipinski definition) is 5. The highest BCUT2D eigenvalue weighted by molar-refractivity contribution is 7.10. The molecule has 3 fully saturated rings. The van der Waals surface area contributed by atoms with E-state index in [9.17, 15) is 4.79 Å². The molecule has 0 unspecified atom stereocenters. The second-order valence-corrected chi connectivity index (χ2v) is 9.93. The molecule has 1 amide bonds. The average molecular weight is 406 g/mol. The number of rotatable bonds is 6. The summed E-state index contributed by atoms with van der Waals surface area (Å²) in [4.78, 5) is 17.8. The molecule has 3 aliphatic heterocycles. The maximum Gasteiger partial charge on any atom is 0.216 e. The van der Waals surface area contributed by atoms with Crippen molar-refractivity contribution in [3.63, 3.8) is 0 Å². The number of nitrogens with one attached hydrogen (secondary N) is 1. The zero-order valence-corrected chi connectivity index (χ0v) is 18.1. The molecule has 1 atom stereocenters. The van der Waals surface area contributed by atoms with Crippen LogP contribution in [0.2, 0.25) is 0 Å². The summed E-state index contributed by atoms with van der Waals surface area (Å²) in [6.07, 6.45) is 8.78. The summed E-state index contributed by atoms with van der Waals surface area (Å²) in [6, 6.07) is 2.43. The van der Waals surface area contributed by atoms with E-state index in [-0.39, 0.29) is 17.6 Å². The summed E-state index contributed by atoms with van der Waals surface area (Å²) in [5.74, 6) is 0.0370. The molecule has 1 N–H and O–H groups in total. The Morgan fingerprint density at radius 2 is 1.89 bits per heavy atom. The van der Waals surface area contributed by atoms with Gasteiger partial charge in [0.2, 0.25) is 5.91 Å². The SMILES string of the molecule is CC(=O)NC[C@@H]1CCC2(CCN(Cc3cc(CN4CCCCC4)cs3)CC2)O1. The molecule has 3 saturated heterocycles. The van der Waals surface area contributed by atoms with Crippen LogP contribution in [0.4, 0.5) is 0 Å². The molecule has 5 nitrogen and oxygen atoms in total. The molecular weight excluding hydrogens is 370 g/mol. The standard InChI is InChI=1S/C22H35N3O2S/c1-18(26)23-14-20-5-6-22(27-20)7-11-25(12-8-22)16-21-13-19(17-28-21)15-24-9-3-2-4-10-24/h13,17,20H,2-12,14-16H2,1H3,(H,23,26)/t20-/m0/s1. The monoisotopic (exact) mass is 405 g/mol. The third-order valence-electron chi connectivity index (χ3n) is 6.63. The van der Waals surface area contributed by atoms with Gasteiger partial charge in [0.25, 0.3) is 0 Å². The Labute approximate surface area is 173 Å². The van der Waals surface area contributed by atoms with Crippen molar-refractivity contribution in [3.05, 3.63) is 21.9 Å². The lowest BCUT2D eigenvalue weighted by atomic mass is 9.88. The van der Waals surface area contributed by atoms with Crippen molar-refractivity contribution in [2.75, 3.05) is 32.7 Å². The van der Waals surface area contributed by atoms with Crippen LogP contribution in [-0.4, -0.2) is 60.1 Å². The van der Waals surface area contributed by atoms with Crippen LogP contribution in [0.1, 0.15) is 62.3 Å². The van der Waals surface area contributed by atoms with Crippen molar-refractivity contribution in [3.8, 4) is 0 Å². The summed E-state index contributed by atoms with van der Waals surface area (Å²) >= 11 is 1.93. The predicted molar refractivity (Wildman–Crippen MR) is 113 cm³/mol. The van der Waals surface area contributed by atoms with E-state index in [0.29, 0.717) is 6.54 Å². The fourth-order valence-electron chi connectivity index (χ4n) is 4.97. The number of piperidine rings is 2. The number of nitrogens with zero attached hydrogens (tertiary/aromatic N) is 2. The molecule has 0 radical (unpaired) electrons. The number of hydrogen-bond donors (Lipinski definition) is 1. The van der Waals surface area contributed by atoms with Crippen molar-refractivity contribution < 1.29 is 9.53 Å². The second-order valence-electron chi connectivity index (χ2n) is 8.93. The number of carbonyl (C=O) groups is 1. The fraction of sp³-hybridized carbons (Fsp3) is 0.773. The van der Waals surface area contributed by atoms with Crippen LogP contribution in [-0.2, 0) is 22.6 Å². The molecule has 6 heteroatoms. The molecule has 0 aromatic carbocycles. The van der Waals surface area contributed by atoms with Crippen LogP contribution in [0.15, 0.2) is 11.4 Å². The summed E-state index contributed by atoms with van der Waals surface area (Å²) in [5.41, 5.74) is 1.56. The summed E-state index contributed by atoms with van der Waals surface area (Å²) < 4.78 is 6.38. The molecule has 1 spiro atoms. The largest absolute Gasteiger partial charge is 0.370 e. The van der Waals surface area contributed by atoms with E-state index in [1.807, 2.05) is 11.3 Å². The molecule has 0 saturated carbocycles. The van der Waals surface area contributed by atoms with Gasteiger partial charge in [-0.2, -0.15) is 0 Å². The number of thiophene rings is 1. The molecular formula is C22H35N3O2S. The molecule has 0 aliphatic carbocycles. The first-order valence-corrected chi connectivity index (χ1v) is 11.9. The van der Waals surface area contributed by atoms with Crippen molar-refractivity contribution in [1.82, 2.24) is 15.1 Å². The van der Waals surface area contributed by atoms with Gasteiger partial charge in [0.05, 0.1) is 11.7 Å². The molecule has 1 aromatic rings. The van der Waals surface area contributed by atoms with Gasteiger partial charge in [-0.15, -0.1) is 11.3 Å². The minimum Gasteiger partial charge on any atom is -0.370 e. The molecule has 156 valence electrons. The normalized spacial score (nSPS) is 26.0. The minimum atomic E-state index is 0.0370. The molecule has 1 aromatic heterocycles. The van der Waals surface area contributed by atoms with Crippen LogP contribution < -0.4 is 5.32 Å². The van der Waals surface area contributed by atoms with Crippen molar-refractivity contribution in [2.24, 2.45) is 0 Å². The third kappa shape index (κ3) is 5.35. The van der Waals surface area contributed by atoms with Crippen molar-refractivity contribution in [1.29, 1.82) is 0 Å². The molecule has 0 bridgehead atoms. The van der Waals surface area contributed by atoms with Crippen LogP contribution in [0.5, 0.6) is 0 Å². The first-order valence-electron chi connectivity index (χ1n) is 11.0. The summed E-state index contributed by atoms with van der Waals surface area (Å²) in [7, 11) is 0. The number of carbonyl (C=O) groups excluding carboxylic acids is 1. The van der Waals surface area contributed by atoms with Crippen LogP contribution in [0, 0.1) is 0 Å². The second kappa shape index (κ2) is 9.24. The van der Waals surface area contributed by atoms with Gasteiger partial charge < -0.3 is 10.1 Å². The van der Waals surface area contributed by atoms with Gasteiger partial charge >= 0.3 is 0 Å². The Morgan fingerprint density at radius 3 is 2.64 bits per heavy atom. The zero-order chi connectivity index (χ0) is 19.4. The summed E-state index contributed by atoms with van der Waals surface area (Å²) in [6.45, 7) is 9.21. The Bertz CT molecular complexity index is 648. The van der Waals surface area contributed by atoms with E-state index in [4.69, 9.17) is 4.74 Å². The molecule has 28 heavy (non-hydrogen) atoms. The molecule has 4 heterocycles. The van der Waals surface area contributed by atoms with E-state index in [0.717, 1.165) is 51.9 Å². The first-order chi connectivity index (χ1) is 13.6. The Kier molecular flexibility index (Phi) is 6.71. The molecule has 4 rings (SSSR count). The maximum atomic E-state index is 11.1. The van der Waals surface area contributed by atoms with Gasteiger partial charge in [0.1, 0.15) is 0 Å². The van der Waals surface area contributed by atoms with E-state index in [1.54, 1.807) is 6.92 Å². The Hall–Kier alpha value is -0.950. The van der Waals surface area contributed by atoms with Crippen LogP contribution in [0.25, 0.3) is 0 Å². The smallest absolute Gasteiger partial charge is 0.216 e. The Morgan fingerprint density at radius 1 is 1.14 bits per heavy atom. The quantitative estimate of drug-likeness (QED) is 0.788. The fourth-order valence-corrected chi connectivity index (χ4v) is 5.89. The topological polar surface area (TPSA) is 44.8 Å². The molecule has 3 aliphatic rings. The maximum absolute atomic E-state index is 11.1. The zero-order valence-electron chi connectivity index (χ0n) is 17.3. The summed E-state index contributed by atoms with van der Waals surface area (Å²) in [5, 5.41) is 5.27. The highest BCUT2D eigenvalue weighted by Crippen LogP contribution is 2.39. The highest BCUT2D eigenvalue weighted by atomic mass is 32.1. The van der Waals surface area contributed by atoms with Gasteiger partial charge in [-0.05, 0) is 68.6 Å². The van der Waals surface area contributed by atoms with Crippen LogP contribution >= 0.6 is 11.3 Å². The van der Waals surface area contributed by atoms with Crippen molar-refractivity contribution in [2.45, 2.75) is 76.7 Å². The van der Waals surface area contributed by atoms with E-state index >= 15 is 0 Å². The van der Waals surface area contributed by atoms with Gasteiger partial charge in [-0.3, -0.25) is 14.6 Å². The van der Waals surface area contributed by atoms with Gasteiger partial charge in [-0.25, -0.2) is 0 Å². The lowest BCUT2D eigenvalue weighted by Crippen LogP contribution is -2.44. The Balaban J connectivity index is 1.21. The first kappa shape index (κ1) is 20.3. The van der Waals surface area contributed by atoms with Gasteiger partial charge in [-0.1, -0.05) is 6.42 Å². The predicted octanol–water partition coefficient (Wildman–Crippen LogP) is 3.38. The highest BCUT2D eigenvalue weighted by Gasteiger charge is 2.42. The third-order valence-corrected chi connectivity index (χ3v) is 7.60. The number of likely N-dealkylation sites (tertiary alicyclic amines) is 2. The van der Waals surface area contributed by atoms with Crippen LogP contribution in [0.3, 0.4) is 0 Å². The van der Waals surface area contributed by atoms with E-state index in [2.05, 4.69) is 26.6 Å². The number of amides is 1. The number of ether oxygens (including phenoxy) is 1. The van der Waals surface area contributed by atoms with E-state index < -0.39 is 0 Å². The average Bonchev–Trinajstić information content (AvgIpc) is 3.30. The lowest BCUT2D eigenvalue weighted by molar-refractivity contribution is -0.120. The lowest BCUT2D eigenvalue weighted by Gasteiger charge is -2.39. The van der Waals surface area contributed by atoms with Gasteiger partial charge in [0, 0.05) is 44.5 Å². The van der Waals surface area contributed by atoms with E-state index in [1.165, 1.54) is 42.8 Å². The van der Waals surface area contributed by atoms with Crippen molar-refractivity contribution >= 4 is 17.2 Å².